The molecule has 2 saturated carbocycles. The van der Waals surface area contributed by atoms with Crippen LogP contribution in [0.3, 0.4) is 0 Å². The van der Waals surface area contributed by atoms with Crippen LogP contribution in [0.1, 0.15) is 65.2 Å². The van der Waals surface area contributed by atoms with E-state index in [4.69, 9.17) is 0 Å². The van der Waals surface area contributed by atoms with E-state index in [9.17, 15) is 0 Å². The molecule has 0 bridgehead atoms. The van der Waals surface area contributed by atoms with Gasteiger partial charge in [0.05, 0.1) is 0 Å². The second-order valence-electron chi connectivity index (χ2n) is 6.23. The lowest BCUT2D eigenvalue weighted by molar-refractivity contribution is 0.225. The summed E-state index contributed by atoms with van der Waals surface area (Å²) in [5.74, 6) is 1.83. The first-order valence-corrected chi connectivity index (χ1v) is 7.25. The van der Waals surface area contributed by atoms with Gasteiger partial charge in [-0.2, -0.15) is 0 Å². The fourth-order valence-electron chi connectivity index (χ4n) is 3.37. The molecule has 2 fully saturated rings. The standard InChI is InChI=1S/C14H28N2/c1-11-5-3-7-13(9-11)15-16-14-8-4-6-12(2)10-14/h11-16H,3-10H2,1-2H3. The average molecular weight is 224 g/mol. The number of hydrogen-bond acceptors (Lipinski definition) is 2. The maximum atomic E-state index is 3.59. The molecule has 0 aromatic carbocycles. The first-order valence-electron chi connectivity index (χ1n) is 7.25. The van der Waals surface area contributed by atoms with Crippen LogP contribution in [0.2, 0.25) is 0 Å². The molecule has 2 nitrogen and oxygen atoms in total. The molecular formula is C14H28N2. The molecule has 0 aliphatic heterocycles. The summed E-state index contributed by atoms with van der Waals surface area (Å²) in [5, 5.41) is 0. The van der Waals surface area contributed by atoms with Crippen molar-refractivity contribution in [3.63, 3.8) is 0 Å². The Bertz CT molecular complexity index is 183. The molecule has 2 aliphatic carbocycles. The molecular weight excluding hydrogens is 196 g/mol. The lowest BCUT2D eigenvalue weighted by Gasteiger charge is -2.32. The monoisotopic (exact) mass is 224 g/mol. The van der Waals surface area contributed by atoms with Gasteiger partial charge >= 0.3 is 0 Å². The highest BCUT2D eigenvalue weighted by Crippen LogP contribution is 2.25. The Morgan fingerprint density at radius 2 is 1.12 bits per heavy atom. The predicted octanol–water partition coefficient (Wildman–Crippen LogP) is 3.24. The summed E-state index contributed by atoms with van der Waals surface area (Å²) in [6.07, 6.45) is 11.1. The third kappa shape index (κ3) is 3.74. The maximum Gasteiger partial charge on any atom is 0.0215 e. The molecule has 2 N–H and O–H groups in total. The van der Waals surface area contributed by atoms with Crippen molar-refractivity contribution in [1.29, 1.82) is 0 Å². The van der Waals surface area contributed by atoms with Gasteiger partial charge in [0.2, 0.25) is 0 Å². The molecule has 0 heterocycles. The van der Waals surface area contributed by atoms with Crippen molar-refractivity contribution < 1.29 is 0 Å². The minimum absolute atomic E-state index is 0.723. The quantitative estimate of drug-likeness (QED) is 0.719. The molecule has 4 unspecified atom stereocenters. The lowest BCUT2D eigenvalue weighted by atomic mass is 9.86. The zero-order chi connectivity index (χ0) is 11.4. The lowest BCUT2D eigenvalue weighted by Crippen LogP contribution is -2.49. The van der Waals surface area contributed by atoms with Gasteiger partial charge in [-0.15, -0.1) is 0 Å². The van der Waals surface area contributed by atoms with Crippen LogP contribution in [0.25, 0.3) is 0 Å². The van der Waals surface area contributed by atoms with Crippen LogP contribution in [0.5, 0.6) is 0 Å². The van der Waals surface area contributed by atoms with Gasteiger partial charge in [0.1, 0.15) is 0 Å². The molecule has 4 atom stereocenters. The number of nitrogens with one attached hydrogen (secondary N) is 2. The summed E-state index contributed by atoms with van der Waals surface area (Å²) in [7, 11) is 0. The van der Waals surface area contributed by atoms with Crippen molar-refractivity contribution in [3.8, 4) is 0 Å². The second kappa shape index (κ2) is 6.02. The van der Waals surface area contributed by atoms with Crippen LogP contribution in [0.4, 0.5) is 0 Å². The van der Waals surface area contributed by atoms with Crippen LogP contribution in [-0.2, 0) is 0 Å². The molecule has 0 aromatic heterocycles. The van der Waals surface area contributed by atoms with E-state index in [2.05, 4.69) is 24.7 Å². The summed E-state index contributed by atoms with van der Waals surface area (Å²) in [5.41, 5.74) is 7.18. The third-order valence-electron chi connectivity index (χ3n) is 4.36. The molecule has 94 valence electrons. The topological polar surface area (TPSA) is 24.1 Å². The molecule has 0 spiro atoms. The van der Waals surface area contributed by atoms with Crippen molar-refractivity contribution in [2.24, 2.45) is 11.8 Å². The van der Waals surface area contributed by atoms with Crippen molar-refractivity contribution in [3.05, 3.63) is 0 Å². The largest absolute Gasteiger partial charge is 0.255 e. The molecule has 2 heteroatoms. The first-order chi connectivity index (χ1) is 7.74. The van der Waals surface area contributed by atoms with E-state index >= 15 is 0 Å². The fraction of sp³-hybridized carbons (Fsp3) is 1.00. The smallest absolute Gasteiger partial charge is 0.0215 e. The Kier molecular flexibility index (Phi) is 4.66. The number of hydrazine groups is 1. The van der Waals surface area contributed by atoms with Crippen LogP contribution >= 0.6 is 0 Å². The highest BCUT2D eigenvalue weighted by atomic mass is 15.4. The second-order valence-corrected chi connectivity index (χ2v) is 6.23. The van der Waals surface area contributed by atoms with Gasteiger partial charge in [-0.1, -0.05) is 39.5 Å². The molecule has 2 aliphatic rings. The zero-order valence-electron chi connectivity index (χ0n) is 11.0. The van der Waals surface area contributed by atoms with Crippen LogP contribution in [0, 0.1) is 11.8 Å². The van der Waals surface area contributed by atoms with E-state index in [-0.39, 0.29) is 0 Å². The Balaban J connectivity index is 1.66. The van der Waals surface area contributed by atoms with Crippen molar-refractivity contribution >= 4 is 0 Å². The minimum atomic E-state index is 0.723. The summed E-state index contributed by atoms with van der Waals surface area (Å²) in [6.45, 7) is 4.77. The van der Waals surface area contributed by atoms with Crippen molar-refractivity contribution in [1.82, 2.24) is 10.9 Å². The van der Waals surface area contributed by atoms with E-state index < -0.39 is 0 Å². The molecule has 0 aromatic rings. The van der Waals surface area contributed by atoms with Crippen molar-refractivity contribution in [2.45, 2.75) is 77.3 Å². The fourth-order valence-corrected chi connectivity index (χ4v) is 3.37. The van der Waals surface area contributed by atoms with Crippen molar-refractivity contribution in [2.75, 3.05) is 0 Å². The zero-order valence-corrected chi connectivity index (χ0v) is 11.0. The maximum absolute atomic E-state index is 3.59. The molecule has 16 heavy (non-hydrogen) atoms. The first kappa shape index (κ1) is 12.4. The minimum Gasteiger partial charge on any atom is -0.255 e. The summed E-state index contributed by atoms with van der Waals surface area (Å²) in [4.78, 5) is 0. The molecule has 0 amide bonds. The SMILES string of the molecule is CC1CCCC(NNC2CCCC(C)C2)C1. The Morgan fingerprint density at radius 3 is 1.50 bits per heavy atom. The van der Waals surface area contributed by atoms with E-state index in [0.717, 1.165) is 23.9 Å². The van der Waals surface area contributed by atoms with E-state index in [0.29, 0.717) is 0 Å². The molecule has 2 rings (SSSR count). The van der Waals surface area contributed by atoms with Gasteiger partial charge in [0.25, 0.3) is 0 Å². The van der Waals surface area contributed by atoms with Gasteiger partial charge in [-0.3, -0.25) is 10.9 Å². The summed E-state index contributed by atoms with van der Waals surface area (Å²) in [6, 6.07) is 1.45. The van der Waals surface area contributed by atoms with Gasteiger partial charge in [0, 0.05) is 12.1 Å². The van der Waals surface area contributed by atoms with Crippen LogP contribution < -0.4 is 10.9 Å². The predicted molar refractivity (Wildman–Crippen MR) is 69.1 cm³/mol. The van der Waals surface area contributed by atoms with E-state index in [1.165, 1.54) is 51.4 Å². The highest BCUT2D eigenvalue weighted by molar-refractivity contribution is 4.78. The van der Waals surface area contributed by atoms with Crippen LogP contribution in [0.15, 0.2) is 0 Å². The van der Waals surface area contributed by atoms with Gasteiger partial charge in [-0.25, -0.2) is 0 Å². The number of hydrogen-bond donors (Lipinski definition) is 2. The van der Waals surface area contributed by atoms with E-state index in [1.54, 1.807) is 0 Å². The average Bonchev–Trinajstić information content (AvgIpc) is 2.27. The van der Waals surface area contributed by atoms with Gasteiger partial charge in [-0.05, 0) is 37.5 Å². The normalized spacial score (nSPS) is 40.9. The van der Waals surface area contributed by atoms with Gasteiger partial charge in [0.15, 0.2) is 0 Å². The van der Waals surface area contributed by atoms with Gasteiger partial charge < -0.3 is 0 Å². The summed E-state index contributed by atoms with van der Waals surface area (Å²) < 4.78 is 0. The summed E-state index contributed by atoms with van der Waals surface area (Å²) >= 11 is 0. The molecule has 0 saturated heterocycles. The highest BCUT2D eigenvalue weighted by Gasteiger charge is 2.21. The third-order valence-corrected chi connectivity index (χ3v) is 4.36. The number of rotatable bonds is 3. The van der Waals surface area contributed by atoms with E-state index in [1.807, 2.05) is 0 Å². The Labute approximate surface area is 101 Å². The molecule has 0 radical (unpaired) electrons. The Hall–Kier alpha value is -0.0800. The van der Waals surface area contributed by atoms with Crippen LogP contribution in [-0.4, -0.2) is 12.1 Å². The Morgan fingerprint density at radius 1 is 0.688 bits per heavy atom.